The molecule has 1 amide bonds. The Labute approximate surface area is 194 Å². The van der Waals surface area contributed by atoms with E-state index in [1.165, 1.54) is 11.8 Å². The summed E-state index contributed by atoms with van der Waals surface area (Å²) in [5.74, 6) is 0.168. The number of anilines is 1. The van der Waals surface area contributed by atoms with Gasteiger partial charge in [-0.3, -0.25) is 9.10 Å². The molecule has 174 valence electrons. The molecule has 2 atom stereocenters. The maximum atomic E-state index is 13.5. The van der Waals surface area contributed by atoms with Crippen LogP contribution >= 0.6 is 11.8 Å². The molecule has 7 nitrogen and oxygen atoms in total. The Bertz CT molecular complexity index is 994. The van der Waals surface area contributed by atoms with Crippen molar-refractivity contribution < 1.29 is 23.1 Å². The minimum atomic E-state index is -3.99. The molecule has 1 fully saturated rings. The maximum absolute atomic E-state index is 13.5. The van der Waals surface area contributed by atoms with Crippen molar-refractivity contribution in [2.24, 2.45) is 0 Å². The van der Waals surface area contributed by atoms with Gasteiger partial charge in [0.15, 0.2) is 0 Å². The Morgan fingerprint density at radius 2 is 1.78 bits per heavy atom. The molecule has 0 saturated heterocycles. The van der Waals surface area contributed by atoms with Crippen LogP contribution in [0.5, 0.6) is 5.75 Å². The number of aliphatic hydroxyl groups excluding tert-OH is 1. The van der Waals surface area contributed by atoms with Crippen LogP contribution in [-0.2, 0) is 14.8 Å². The lowest BCUT2D eigenvalue weighted by atomic mass is 9.92. The van der Waals surface area contributed by atoms with Gasteiger partial charge in [0.1, 0.15) is 12.3 Å². The van der Waals surface area contributed by atoms with Crippen LogP contribution in [0.3, 0.4) is 0 Å². The van der Waals surface area contributed by atoms with Crippen LogP contribution in [0.1, 0.15) is 32.6 Å². The highest BCUT2D eigenvalue weighted by atomic mass is 32.2. The first-order valence-electron chi connectivity index (χ1n) is 10.7. The highest BCUT2D eigenvalue weighted by molar-refractivity contribution is 7.98. The number of carbonyl (C=O) groups is 1. The summed E-state index contributed by atoms with van der Waals surface area (Å²) in [5.41, 5.74) is 0.363. The van der Waals surface area contributed by atoms with Crippen LogP contribution in [-0.4, -0.2) is 51.0 Å². The molecule has 0 spiro atoms. The molecule has 0 aromatic heterocycles. The van der Waals surface area contributed by atoms with E-state index < -0.39 is 22.0 Å². The summed E-state index contributed by atoms with van der Waals surface area (Å²) in [5, 5.41) is 13.0. The van der Waals surface area contributed by atoms with E-state index in [1.54, 1.807) is 48.5 Å². The monoisotopic (exact) mass is 478 g/mol. The van der Waals surface area contributed by atoms with Crippen molar-refractivity contribution in [2.75, 3.05) is 23.7 Å². The van der Waals surface area contributed by atoms with Crippen molar-refractivity contribution in [3.63, 3.8) is 0 Å². The number of benzene rings is 2. The average Bonchev–Trinajstić information content (AvgIpc) is 2.80. The van der Waals surface area contributed by atoms with Gasteiger partial charge >= 0.3 is 0 Å². The van der Waals surface area contributed by atoms with Crippen molar-refractivity contribution in [1.82, 2.24) is 5.32 Å². The number of amides is 1. The summed E-state index contributed by atoms with van der Waals surface area (Å²) in [6, 6.07) is 12.8. The van der Waals surface area contributed by atoms with Crippen LogP contribution in [0.4, 0.5) is 5.69 Å². The lowest BCUT2D eigenvalue weighted by Gasteiger charge is -2.30. The summed E-state index contributed by atoms with van der Waals surface area (Å²) in [4.78, 5) is 13.9. The Balaban J connectivity index is 1.88. The van der Waals surface area contributed by atoms with Crippen molar-refractivity contribution in [3.05, 3.63) is 48.5 Å². The van der Waals surface area contributed by atoms with Gasteiger partial charge in [-0.2, -0.15) is 0 Å². The second-order valence-electron chi connectivity index (χ2n) is 7.64. The van der Waals surface area contributed by atoms with Gasteiger partial charge in [-0.25, -0.2) is 8.42 Å². The molecule has 32 heavy (non-hydrogen) atoms. The Hall–Kier alpha value is -2.23. The molecule has 1 aliphatic carbocycles. The first-order chi connectivity index (χ1) is 15.3. The summed E-state index contributed by atoms with van der Waals surface area (Å²) < 4.78 is 33.5. The van der Waals surface area contributed by atoms with Crippen LogP contribution < -0.4 is 14.4 Å². The van der Waals surface area contributed by atoms with Gasteiger partial charge in [-0.15, -0.1) is 11.8 Å². The van der Waals surface area contributed by atoms with Crippen LogP contribution in [0.2, 0.25) is 0 Å². The molecule has 2 aromatic rings. The van der Waals surface area contributed by atoms with Crippen molar-refractivity contribution in [3.8, 4) is 5.75 Å². The van der Waals surface area contributed by atoms with E-state index in [-0.39, 0.29) is 17.5 Å². The van der Waals surface area contributed by atoms with Gasteiger partial charge in [0, 0.05) is 4.90 Å². The fourth-order valence-corrected chi connectivity index (χ4v) is 5.56. The molecule has 2 aromatic carbocycles. The second kappa shape index (κ2) is 11.1. The van der Waals surface area contributed by atoms with Crippen molar-refractivity contribution >= 4 is 33.4 Å². The lowest BCUT2D eigenvalue weighted by molar-refractivity contribution is -0.121. The SMILES string of the molecule is CCOc1ccc(N(CC(=O)N[C@@H]2CCCC[C@@H]2O)S(=O)(=O)c2ccc(SC)cc2)cc1. The molecule has 3 rings (SSSR count). The summed E-state index contributed by atoms with van der Waals surface area (Å²) >= 11 is 1.52. The van der Waals surface area contributed by atoms with Gasteiger partial charge < -0.3 is 15.2 Å². The van der Waals surface area contributed by atoms with E-state index >= 15 is 0 Å². The quantitative estimate of drug-likeness (QED) is 0.536. The third kappa shape index (κ3) is 5.96. The number of nitrogens with zero attached hydrogens (tertiary/aromatic N) is 1. The second-order valence-corrected chi connectivity index (χ2v) is 10.4. The average molecular weight is 479 g/mol. The standard InChI is InChI=1S/C23H30N2O5S2/c1-3-30-18-10-8-17(9-11-18)25(16-23(27)24-21-6-4-5-7-22(21)26)32(28,29)20-14-12-19(31-2)13-15-20/h8-15,21-22,26H,3-7,16H2,1-2H3,(H,24,27)/t21-,22+/m1/s1. The smallest absolute Gasteiger partial charge is 0.264 e. The number of carbonyl (C=O) groups excluding carboxylic acids is 1. The normalized spacial score (nSPS) is 18.7. The molecule has 2 N–H and O–H groups in total. The van der Waals surface area contributed by atoms with E-state index in [4.69, 9.17) is 4.74 Å². The van der Waals surface area contributed by atoms with Gasteiger partial charge in [0.05, 0.1) is 29.3 Å². The largest absolute Gasteiger partial charge is 0.494 e. The molecule has 0 unspecified atom stereocenters. The topological polar surface area (TPSA) is 95.9 Å². The number of hydrogen-bond donors (Lipinski definition) is 2. The Morgan fingerprint density at radius 3 is 2.38 bits per heavy atom. The van der Waals surface area contributed by atoms with Gasteiger partial charge in [0.25, 0.3) is 10.0 Å². The molecule has 0 heterocycles. The predicted octanol–water partition coefficient (Wildman–Crippen LogP) is 3.42. The van der Waals surface area contributed by atoms with E-state index in [1.807, 2.05) is 13.2 Å². The van der Waals surface area contributed by atoms with Crippen molar-refractivity contribution in [1.29, 1.82) is 0 Å². The zero-order valence-corrected chi connectivity index (χ0v) is 20.0. The van der Waals surface area contributed by atoms with Gasteiger partial charge in [0.2, 0.25) is 5.91 Å². The highest BCUT2D eigenvalue weighted by Gasteiger charge is 2.30. The van der Waals surface area contributed by atoms with E-state index in [9.17, 15) is 18.3 Å². The zero-order valence-electron chi connectivity index (χ0n) is 18.4. The van der Waals surface area contributed by atoms with E-state index in [0.29, 0.717) is 30.9 Å². The molecular weight excluding hydrogens is 448 g/mol. The number of nitrogens with one attached hydrogen (secondary N) is 1. The molecule has 0 bridgehead atoms. The molecule has 1 aliphatic rings. The predicted molar refractivity (Wildman–Crippen MR) is 127 cm³/mol. The fraction of sp³-hybridized carbons (Fsp3) is 0.435. The third-order valence-corrected chi connectivity index (χ3v) is 7.98. The first kappa shape index (κ1) is 24.4. The minimum Gasteiger partial charge on any atom is -0.494 e. The van der Waals surface area contributed by atoms with E-state index in [2.05, 4.69) is 5.32 Å². The number of rotatable bonds is 9. The maximum Gasteiger partial charge on any atom is 0.264 e. The molecule has 9 heteroatoms. The number of sulfonamides is 1. The summed E-state index contributed by atoms with van der Waals surface area (Å²) in [6.45, 7) is 1.98. The Kier molecular flexibility index (Phi) is 8.44. The van der Waals surface area contributed by atoms with Crippen LogP contribution in [0.25, 0.3) is 0 Å². The number of aliphatic hydroxyl groups is 1. The third-order valence-electron chi connectivity index (χ3n) is 5.45. The number of ether oxygens (including phenoxy) is 1. The molecule has 1 saturated carbocycles. The molecule has 0 aliphatic heterocycles. The van der Waals surface area contributed by atoms with Crippen molar-refractivity contribution in [2.45, 2.75) is 54.5 Å². The zero-order chi connectivity index (χ0) is 23.1. The van der Waals surface area contributed by atoms with Gasteiger partial charge in [-0.05, 0) is 74.6 Å². The Morgan fingerprint density at radius 1 is 1.12 bits per heavy atom. The van der Waals surface area contributed by atoms with E-state index in [0.717, 1.165) is 22.0 Å². The fourth-order valence-electron chi connectivity index (χ4n) is 3.73. The highest BCUT2D eigenvalue weighted by Crippen LogP contribution is 2.27. The summed E-state index contributed by atoms with van der Waals surface area (Å²) in [6.07, 6.45) is 4.46. The minimum absolute atomic E-state index is 0.106. The first-order valence-corrected chi connectivity index (χ1v) is 13.4. The van der Waals surface area contributed by atoms with Gasteiger partial charge in [-0.1, -0.05) is 12.8 Å². The molecule has 0 radical (unpaired) electrons. The molecular formula is C23H30N2O5S2. The lowest BCUT2D eigenvalue weighted by Crippen LogP contribution is -2.49. The number of hydrogen-bond acceptors (Lipinski definition) is 6. The van der Waals surface area contributed by atoms with Crippen LogP contribution in [0.15, 0.2) is 58.3 Å². The van der Waals surface area contributed by atoms with Crippen LogP contribution in [0, 0.1) is 0 Å². The summed E-state index contributed by atoms with van der Waals surface area (Å²) in [7, 11) is -3.99. The number of thioether (sulfide) groups is 1.